The molecule has 0 unspecified atom stereocenters. The summed E-state index contributed by atoms with van der Waals surface area (Å²) in [5.41, 5.74) is 0.962. The number of rotatable bonds is 8. The maximum absolute atomic E-state index is 11.8. The van der Waals surface area contributed by atoms with Crippen molar-refractivity contribution in [1.29, 1.82) is 0 Å². The van der Waals surface area contributed by atoms with Gasteiger partial charge in [0.15, 0.2) is 0 Å². The van der Waals surface area contributed by atoms with Gasteiger partial charge < -0.3 is 15.2 Å². The van der Waals surface area contributed by atoms with E-state index in [1.807, 2.05) is 37.3 Å². The number of aliphatic hydroxyl groups is 1. The first kappa shape index (κ1) is 14.7. The molecule has 2 N–H and O–H groups in total. The van der Waals surface area contributed by atoms with Gasteiger partial charge in [-0.2, -0.15) is 0 Å². The van der Waals surface area contributed by atoms with Crippen LogP contribution in [0.15, 0.2) is 30.3 Å². The Morgan fingerprint density at radius 3 is 2.72 bits per heavy atom. The van der Waals surface area contributed by atoms with Crippen molar-refractivity contribution in [3.8, 4) is 0 Å². The van der Waals surface area contributed by atoms with Crippen LogP contribution in [0.2, 0.25) is 0 Å². The van der Waals surface area contributed by atoms with Crippen molar-refractivity contribution in [2.45, 2.75) is 32.4 Å². The van der Waals surface area contributed by atoms with E-state index in [1.165, 1.54) is 0 Å². The lowest BCUT2D eigenvalue weighted by Gasteiger charge is -2.16. The van der Waals surface area contributed by atoms with E-state index < -0.39 is 6.04 Å². The average molecular weight is 251 g/mol. The predicted octanol–water partition coefficient (Wildman–Crippen LogP) is 1.48. The molecule has 0 aliphatic heterocycles. The molecule has 4 heteroatoms. The average Bonchev–Trinajstić information content (AvgIpc) is 2.42. The van der Waals surface area contributed by atoms with E-state index in [0.29, 0.717) is 6.42 Å². The number of carbonyl (C=O) groups is 1. The number of aliphatic hydroxyl groups excluding tert-OH is 1. The molecule has 0 aliphatic carbocycles. The maximum atomic E-state index is 11.8. The SMILES string of the molecule is CCCN[C@@H](CCO)C(=O)OCc1ccccc1. The zero-order chi connectivity index (χ0) is 13.2. The van der Waals surface area contributed by atoms with Crippen molar-refractivity contribution in [3.63, 3.8) is 0 Å². The summed E-state index contributed by atoms with van der Waals surface area (Å²) in [6.45, 7) is 3.01. The Hall–Kier alpha value is -1.39. The minimum absolute atomic E-state index is 0.0260. The molecule has 0 aliphatic rings. The van der Waals surface area contributed by atoms with Gasteiger partial charge in [0.25, 0.3) is 0 Å². The van der Waals surface area contributed by atoms with Crippen LogP contribution in [0.25, 0.3) is 0 Å². The molecule has 1 aromatic rings. The monoisotopic (exact) mass is 251 g/mol. The molecule has 1 rings (SSSR count). The fourth-order valence-electron chi connectivity index (χ4n) is 1.58. The van der Waals surface area contributed by atoms with Crippen LogP contribution in [0, 0.1) is 0 Å². The van der Waals surface area contributed by atoms with Crippen molar-refractivity contribution >= 4 is 5.97 Å². The Labute approximate surface area is 108 Å². The topological polar surface area (TPSA) is 58.6 Å². The van der Waals surface area contributed by atoms with Crippen molar-refractivity contribution in [1.82, 2.24) is 5.32 Å². The Morgan fingerprint density at radius 1 is 1.39 bits per heavy atom. The molecule has 4 nitrogen and oxygen atoms in total. The Kier molecular flexibility index (Phi) is 7.06. The van der Waals surface area contributed by atoms with Gasteiger partial charge in [-0.25, -0.2) is 0 Å². The molecule has 1 atom stereocenters. The van der Waals surface area contributed by atoms with E-state index in [2.05, 4.69) is 5.32 Å². The first-order valence-electron chi connectivity index (χ1n) is 6.32. The molecule has 0 spiro atoms. The highest BCUT2D eigenvalue weighted by Crippen LogP contribution is 2.03. The molecule has 0 heterocycles. The summed E-state index contributed by atoms with van der Waals surface area (Å²) in [6.07, 6.45) is 1.32. The summed E-state index contributed by atoms with van der Waals surface area (Å²) in [4.78, 5) is 11.8. The van der Waals surface area contributed by atoms with Gasteiger partial charge in [-0.3, -0.25) is 4.79 Å². The van der Waals surface area contributed by atoms with Gasteiger partial charge in [0, 0.05) is 6.61 Å². The summed E-state index contributed by atoms with van der Waals surface area (Å²) in [7, 11) is 0. The van der Waals surface area contributed by atoms with E-state index in [9.17, 15) is 4.79 Å². The van der Waals surface area contributed by atoms with Crippen LogP contribution in [0.5, 0.6) is 0 Å². The molecule has 0 saturated heterocycles. The van der Waals surface area contributed by atoms with Gasteiger partial charge in [0.1, 0.15) is 12.6 Å². The van der Waals surface area contributed by atoms with Crippen LogP contribution in [-0.2, 0) is 16.1 Å². The van der Waals surface area contributed by atoms with Gasteiger partial charge in [0.2, 0.25) is 0 Å². The first-order valence-corrected chi connectivity index (χ1v) is 6.32. The molecule has 0 saturated carbocycles. The summed E-state index contributed by atoms with van der Waals surface area (Å²) in [6, 6.07) is 9.14. The fraction of sp³-hybridized carbons (Fsp3) is 0.500. The molecule has 0 aromatic heterocycles. The predicted molar refractivity (Wildman–Crippen MR) is 70.0 cm³/mol. The fourth-order valence-corrected chi connectivity index (χ4v) is 1.58. The Morgan fingerprint density at radius 2 is 2.11 bits per heavy atom. The third-order valence-corrected chi connectivity index (χ3v) is 2.57. The summed E-state index contributed by atoms with van der Waals surface area (Å²) < 4.78 is 5.23. The Bertz CT molecular complexity index is 340. The third kappa shape index (κ3) is 5.29. The minimum Gasteiger partial charge on any atom is -0.460 e. The number of ether oxygens (including phenoxy) is 1. The van der Waals surface area contributed by atoms with Crippen molar-refractivity contribution in [2.24, 2.45) is 0 Å². The molecule has 100 valence electrons. The molecule has 18 heavy (non-hydrogen) atoms. The smallest absolute Gasteiger partial charge is 0.323 e. The van der Waals surface area contributed by atoms with Gasteiger partial charge in [-0.1, -0.05) is 37.3 Å². The molecule has 1 aromatic carbocycles. The molecule has 0 radical (unpaired) electrons. The number of nitrogens with one attached hydrogen (secondary N) is 1. The lowest BCUT2D eigenvalue weighted by molar-refractivity contribution is -0.148. The van der Waals surface area contributed by atoms with E-state index in [4.69, 9.17) is 9.84 Å². The van der Waals surface area contributed by atoms with Gasteiger partial charge >= 0.3 is 5.97 Å². The van der Waals surface area contributed by atoms with Crippen molar-refractivity contribution < 1.29 is 14.6 Å². The van der Waals surface area contributed by atoms with E-state index in [-0.39, 0.29) is 19.2 Å². The number of benzene rings is 1. The summed E-state index contributed by atoms with van der Waals surface area (Å²) in [5.74, 6) is -0.304. The van der Waals surface area contributed by atoms with Gasteiger partial charge in [-0.15, -0.1) is 0 Å². The standard InChI is InChI=1S/C14H21NO3/c1-2-9-15-13(8-10-16)14(17)18-11-12-6-4-3-5-7-12/h3-7,13,15-16H,2,8-11H2,1H3/t13-/m0/s1. The second-order valence-electron chi connectivity index (χ2n) is 4.11. The third-order valence-electron chi connectivity index (χ3n) is 2.57. The van der Waals surface area contributed by atoms with Crippen LogP contribution in [0.4, 0.5) is 0 Å². The molecular weight excluding hydrogens is 230 g/mol. The van der Waals surface area contributed by atoms with E-state index >= 15 is 0 Å². The van der Waals surface area contributed by atoms with Crippen LogP contribution in [0.3, 0.4) is 0 Å². The Balaban J connectivity index is 2.40. The summed E-state index contributed by atoms with van der Waals surface area (Å²) >= 11 is 0. The second kappa shape index (κ2) is 8.66. The normalized spacial score (nSPS) is 12.1. The number of hydrogen-bond donors (Lipinski definition) is 2. The van der Waals surface area contributed by atoms with Crippen molar-refractivity contribution in [2.75, 3.05) is 13.2 Å². The van der Waals surface area contributed by atoms with Gasteiger partial charge in [0.05, 0.1) is 0 Å². The lowest BCUT2D eigenvalue weighted by Crippen LogP contribution is -2.39. The lowest BCUT2D eigenvalue weighted by atomic mass is 10.2. The number of carbonyl (C=O) groups excluding carboxylic acids is 1. The largest absolute Gasteiger partial charge is 0.460 e. The van der Waals surface area contributed by atoms with Crippen LogP contribution in [-0.4, -0.2) is 30.3 Å². The highest BCUT2D eigenvalue weighted by atomic mass is 16.5. The van der Waals surface area contributed by atoms with Crippen molar-refractivity contribution in [3.05, 3.63) is 35.9 Å². The van der Waals surface area contributed by atoms with Crippen LogP contribution in [0.1, 0.15) is 25.3 Å². The first-order chi connectivity index (χ1) is 8.77. The zero-order valence-corrected chi connectivity index (χ0v) is 10.8. The van der Waals surface area contributed by atoms with Crippen LogP contribution < -0.4 is 5.32 Å². The van der Waals surface area contributed by atoms with Crippen LogP contribution >= 0.6 is 0 Å². The summed E-state index contributed by atoms with van der Waals surface area (Å²) in [5, 5.41) is 12.0. The second-order valence-corrected chi connectivity index (χ2v) is 4.11. The number of hydrogen-bond acceptors (Lipinski definition) is 4. The highest BCUT2D eigenvalue weighted by Gasteiger charge is 2.18. The molecule has 0 amide bonds. The maximum Gasteiger partial charge on any atom is 0.323 e. The van der Waals surface area contributed by atoms with E-state index in [0.717, 1.165) is 18.5 Å². The zero-order valence-electron chi connectivity index (χ0n) is 10.8. The van der Waals surface area contributed by atoms with E-state index in [1.54, 1.807) is 0 Å². The minimum atomic E-state index is -0.418. The highest BCUT2D eigenvalue weighted by molar-refractivity contribution is 5.75. The molecular formula is C14H21NO3. The molecule has 0 fully saturated rings. The molecule has 0 bridgehead atoms. The number of esters is 1. The van der Waals surface area contributed by atoms with Gasteiger partial charge in [-0.05, 0) is 24.9 Å². The quantitative estimate of drug-likeness (QED) is 0.687.